The third kappa shape index (κ3) is 9.84. The van der Waals surface area contributed by atoms with Crippen molar-refractivity contribution in [2.45, 2.75) is 64.4 Å². The summed E-state index contributed by atoms with van der Waals surface area (Å²) < 4.78 is 10.3. The SMILES string of the molecule is CCC(CC(O)CC(C)OC(C)=O)OCC(O)CO. The van der Waals surface area contributed by atoms with Crippen LogP contribution in [-0.4, -0.2) is 58.9 Å². The summed E-state index contributed by atoms with van der Waals surface area (Å²) in [6, 6.07) is 0. The number of aliphatic hydroxyl groups is 3. The van der Waals surface area contributed by atoms with Crippen molar-refractivity contribution >= 4 is 5.97 Å². The lowest BCUT2D eigenvalue weighted by molar-refractivity contribution is -0.146. The summed E-state index contributed by atoms with van der Waals surface area (Å²) in [5.41, 5.74) is 0. The second-order valence-corrected chi connectivity index (χ2v) is 4.75. The molecule has 0 radical (unpaired) electrons. The first-order valence-electron chi connectivity index (χ1n) is 6.64. The van der Waals surface area contributed by atoms with Gasteiger partial charge in [-0.1, -0.05) is 6.92 Å². The highest BCUT2D eigenvalue weighted by molar-refractivity contribution is 5.66. The maximum absolute atomic E-state index is 10.7. The third-order valence-corrected chi connectivity index (χ3v) is 2.70. The number of hydrogen-bond donors (Lipinski definition) is 3. The van der Waals surface area contributed by atoms with Crippen molar-refractivity contribution in [2.24, 2.45) is 0 Å². The summed E-state index contributed by atoms with van der Waals surface area (Å²) in [5.74, 6) is -0.367. The Labute approximate surface area is 114 Å². The Morgan fingerprint density at radius 3 is 2.32 bits per heavy atom. The van der Waals surface area contributed by atoms with E-state index in [1.807, 2.05) is 6.92 Å². The first-order valence-corrected chi connectivity index (χ1v) is 6.64. The largest absolute Gasteiger partial charge is 0.463 e. The molecule has 6 heteroatoms. The van der Waals surface area contributed by atoms with Gasteiger partial charge in [-0.05, 0) is 19.8 Å². The number of hydrogen-bond acceptors (Lipinski definition) is 6. The fraction of sp³-hybridized carbons (Fsp3) is 0.923. The molecule has 0 aromatic heterocycles. The molecule has 0 aliphatic rings. The van der Waals surface area contributed by atoms with Crippen LogP contribution in [0.2, 0.25) is 0 Å². The van der Waals surface area contributed by atoms with Gasteiger partial charge >= 0.3 is 5.97 Å². The van der Waals surface area contributed by atoms with Crippen LogP contribution in [0.3, 0.4) is 0 Å². The van der Waals surface area contributed by atoms with Gasteiger partial charge < -0.3 is 24.8 Å². The minimum atomic E-state index is -0.897. The van der Waals surface area contributed by atoms with Gasteiger partial charge in [0.15, 0.2) is 0 Å². The Morgan fingerprint density at radius 1 is 1.21 bits per heavy atom. The van der Waals surface area contributed by atoms with Crippen LogP contribution in [0.4, 0.5) is 0 Å². The minimum absolute atomic E-state index is 0.0429. The van der Waals surface area contributed by atoms with E-state index in [0.717, 1.165) is 0 Å². The van der Waals surface area contributed by atoms with E-state index in [2.05, 4.69) is 0 Å². The number of ether oxygens (including phenoxy) is 2. The fourth-order valence-electron chi connectivity index (χ4n) is 1.77. The summed E-state index contributed by atoms with van der Waals surface area (Å²) in [6.45, 7) is 4.67. The van der Waals surface area contributed by atoms with Gasteiger partial charge in [-0.25, -0.2) is 0 Å². The highest BCUT2D eigenvalue weighted by atomic mass is 16.5. The van der Waals surface area contributed by atoms with Crippen molar-refractivity contribution in [3.05, 3.63) is 0 Å². The van der Waals surface area contributed by atoms with Crippen molar-refractivity contribution in [3.63, 3.8) is 0 Å². The molecule has 0 aromatic carbocycles. The summed E-state index contributed by atoms with van der Waals surface area (Å²) >= 11 is 0. The normalized spacial score (nSPS) is 17.6. The Balaban J connectivity index is 3.98. The van der Waals surface area contributed by atoms with E-state index in [4.69, 9.17) is 14.6 Å². The van der Waals surface area contributed by atoms with Crippen LogP contribution in [0.1, 0.15) is 40.0 Å². The van der Waals surface area contributed by atoms with Crippen molar-refractivity contribution in [3.8, 4) is 0 Å². The van der Waals surface area contributed by atoms with Gasteiger partial charge in [0.05, 0.1) is 25.4 Å². The van der Waals surface area contributed by atoms with Crippen molar-refractivity contribution in [1.82, 2.24) is 0 Å². The molecule has 19 heavy (non-hydrogen) atoms. The molecule has 0 rings (SSSR count). The molecule has 0 heterocycles. The maximum atomic E-state index is 10.7. The molecule has 4 atom stereocenters. The van der Waals surface area contributed by atoms with Crippen LogP contribution in [0, 0.1) is 0 Å². The van der Waals surface area contributed by atoms with Crippen molar-refractivity contribution < 1.29 is 29.6 Å². The van der Waals surface area contributed by atoms with Crippen LogP contribution >= 0.6 is 0 Å². The third-order valence-electron chi connectivity index (χ3n) is 2.70. The number of carbonyl (C=O) groups excluding carboxylic acids is 1. The number of aliphatic hydroxyl groups excluding tert-OH is 3. The first kappa shape index (κ1) is 18.3. The molecule has 0 bridgehead atoms. The molecule has 4 unspecified atom stereocenters. The van der Waals surface area contributed by atoms with Crippen LogP contribution in [0.5, 0.6) is 0 Å². The van der Waals surface area contributed by atoms with Crippen LogP contribution in [0.15, 0.2) is 0 Å². The molecule has 6 nitrogen and oxygen atoms in total. The highest BCUT2D eigenvalue weighted by Crippen LogP contribution is 2.13. The van der Waals surface area contributed by atoms with Gasteiger partial charge in [0.1, 0.15) is 12.2 Å². The Morgan fingerprint density at radius 2 is 1.84 bits per heavy atom. The second kappa shape index (κ2) is 10.1. The number of rotatable bonds is 10. The molecule has 0 fully saturated rings. The summed E-state index contributed by atoms with van der Waals surface area (Å²) in [5, 5.41) is 27.7. The summed E-state index contributed by atoms with van der Waals surface area (Å²) in [4.78, 5) is 10.7. The van der Waals surface area contributed by atoms with Gasteiger partial charge in [-0.2, -0.15) is 0 Å². The quantitative estimate of drug-likeness (QED) is 0.495. The molecule has 0 spiro atoms. The standard InChI is InChI=1S/C13H26O6/c1-4-13(18-8-12(17)7-14)6-11(16)5-9(2)19-10(3)15/h9,11-14,16-17H,4-8H2,1-3H3. The zero-order valence-corrected chi connectivity index (χ0v) is 11.9. The summed E-state index contributed by atoms with van der Waals surface area (Å²) in [6.07, 6.45) is -0.621. The minimum Gasteiger partial charge on any atom is -0.463 e. The molecule has 0 aliphatic heterocycles. The van der Waals surface area contributed by atoms with E-state index >= 15 is 0 Å². The van der Waals surface area contributed by atoms with E-state index in [1.54, 1.807) is 6.92 Å². The Bertz CT molecular complexity index is 245. The molecule has 0 saturated carbocycles. The smallest absolute Gasteiger partial charge is 0.302 e. The van der Waals surface area contributed by atoms with E-state index in [1.165, 1.54) is 6.92 Å². The lowest BCUT2D eigenvalue weighted by Gasteiger charge is -2.22. The number of carbonyl (C=O) groups is 1. The van der Waals surface area contributed by atoms with Crippen LogP contribution in [0.25, 0.3) is 0 Å². The van der Waals surface area contributed by atoms with Crippen LogP contribution in [-0.2, 0) is 14.3 Å². The van der Waals surface area contributed by atoms with Gasteiger partial charge in [-0.3, -0.25) is 4.79 Å². The number of esters is 1. The summed E-state index contributed by atoms with van der Waals surface area (Å²) in [7, 11) is 0. The molecule has 0 amide bonds. The molecular weight excluding hydrogens is 252 g/mol. The molecule has 0 aromatic rings. The lowest BCUT2D eigenvalue weighted by Crippen LogP contribution is -2.28. The predicted octanol–water partition coefficient (Wildman–Crippen LogP) is 0.227. The molecular formula is C13H26O6. The molecule has 0 aliphatic carbocycles. The van der Waals surface area contributed by atoms with Crippen molar-refractivity contribution in [1.29, 1.82) is 0 Å². The highest BCUT2D eigenvalue weighted by Gasteiger charge is 2.18. The van der Waals surface area contributed by atoms with Gasteiger partial charge in [0.2, 0.25) is 0 Å². The van der Waals surface area contributed by atoms with Gasteiger partial charge in [0.25, 0.3) is 0 Å². The molecule has 3 N–H and O–H groups in total. The average molecular weight is 278 g/mol. The Hall–Kier alpha value is -0.690. The van der Waals surface area contributed by atoms with E-state index < -0.39 is 12.2 Å². The molecule has 0 saturated heterocycles. The van der Waals surface area contributed by atoms with Crippen molar-refractivity contribution in [2.75, 3.05) is 13.2 Å². The zero-order chi connectivity index (χ0) is 14.8. The predicted molar refractivity (Wildman–Crippen MR) is 69.6 cm³/mol. The van der Waals surface area contributed by atoms with Gasteiger partial charge in [-0.15, -0.1) is 0 Å². The van der Waals surface area contributed by atoms with Gasteiger partial charge in [0, 0.05) is 13.3 Å². The topological polar surface area (TPSA) is 96.2 Å². The van der Waals surface area contributed by atoms with E-state index in [0.29, 0.717) is 19.3 Å². The fourth-order valence-corrected chi connectivity index (χ4v) is 1.77. The van der Waals surface area contributed by atoms with Crippen LogP contribution < -0.4 is 0 Å². The maximum Gasteiger partial charge on any atom is 0.302 e. The Kier molecular flexibility index (Phi) is 9.77. The monoisotopic (exact) mass is 278 g/mol. The van der Waals surface area contributed by atoms with E-state index in [9.17, 15) is 15.0 Å². The second-order valence-electron chi connectivity index (χ2n) is 4.75. The zero-order valence-electron chi connectivity index (χ0n) is 11.9. The van der Waals surface area contributed by atoms with E-state index in [-0.39, 0.29) is 31.4 Å². The first-order chi connectivity index (χ1) is 8.88. The molecule has 114 valence electrons. The lowest BCUT2D eigenvalue weighted by atomic mass is 10.0. The average Bonchev–Trinajstić information content (AvgIpc) is 2.32.